The van der Waals surface area contributed by atoms with Crippen molar-refractivity contribution in [3.8, 4) is 11.4 Å². The van der Waals surface area contributed by atoms with E-state index in [4.69, 9.17) is 23.0 Å². The van der Waals surface area contributed by atoms with Gasteiger partial charge in [-0.2, -0.15) is 0 Å². The molecule has 14 heteroatoms. The zero-order valence-electron chi connectivity index (χ0n) is 31.1. The van der Waals surface area contributed by atoms with E-state index < -0.39 is 49.5 Å². The number of ether oxygens (including phenoxy) is 1. The Morgan fingerprint density at radius 1 is 0.851 bits per heavy atom. The average molecular weight is 767 g/mol. The Labute approximate surface area is 293 Å². The summed E-state index contributed by atoms with van der Waals surface area (Å²) in [6.45, 7) is 34.2. The maximum Gasteiger partial charge on any atom is 0.292 e. The van der Waals surface area contributed by atoms with Crippen LogP contribution in [0.1, 0.15) is 68.5 Å². The van der Waals surface area contributed by atoms with Crippen LogP contribution in [0.15, 0.2) is 35.5 Å². The van der Waals surface area contributed by atoms with Gasteiger partial charge in [-0.05, 0) is 87.4 Å². The molecule has 3 aromatic heterocycles. The zero-order valence-corrected chi connectivity index (χ0v) is 35.6. The molecule has 262 valence electrons. The smallest absolute Gasteiger partial charge is 0.292 e. The molecular weight excluding hydrogens is 711 g/mol. The number of halogens is 1. The first-order valence-corrected chi connectivity index (χ1v) is 26.0. The second kappa shape index (κ2) is 13.0. The number of fused-ring (bicyclic) bond motifs is 1. The number of imidazole rings is 1. The SMILES string of the molecule is CC(C)(C)[Si](C)(C)OC[C@H]1O[C@@H](n2cnc3c(-c4cccc(Br)n4)[n+]([O-])cnc32)[C@H](O[Si](C)(C)C(C)(C)C)[C@@H]1O[Si](C)(C)C(C)(C)C. The lowest BCUT2D eigenvalue weighted by Gasteiger charge is -2.44. The van der Waals surface area contributed by atoms with Crippen LogP contribution in [0.5, 0.6) is 0 Å². The van der Waals surface area contributed by atoms with Crippen molar-refractivity contribution in [1.29, 1.82) is 0 Å². The van der Waals surface area contributed by atoms with Crippen LogP contribution in [0, 0.1) is 5.21 Å². The van der Waals surface area contributed by atoms with Gasteiger partial charge in [0.25, 0.3) is 12.0 Å². The van der Waals surface area contributed by atoms with Crippen molar-refractivity contribution >= 4 is 52.0 Å². The summed E-state index contributed by atoms with van der Waals surface area (Å²) in [7, 11) is -6.78. The summed E-state index contributed by atoms with van der Waals surface area (Å²) in [5.41, 5.74) is 1.76. The summed E-state index contributed by atoms with van der Waals surface area (Å²) < 4.78 is 31.7. The quantitative estimate of drug-likeness (QED) is 0.0923. The largest absolute Gasteiger partial charge is 0.710 e. The number of aromatic nitrogens is 5. The van der Waals surface area contributed by atoms with Gasteiger partial charge in [0.05, 0.1) is 6.61 Å². The van der Waals surface area contributed by atoms with E-state index in [0.717, 1.165) is 0 Å². The summed E-state index contributed by atoms with van der Waals surface area (Å²) >= 11 is 3.43. The molecule has 0 aromatic carbocycles. The second-order valence-electron chi connectivity index (χ2n) is 17.4. The topological polar surface area (TPSA) is 107 Å². The first kappa shape index (κ1) is 38.3. The fourth-order valence-electron chi connectivity index (χ4n) is 4.75. The summed E-state index contributed by atoms with van der Waals surface area (Å²) in [6.07, 6.45) is 1.09. The van der Waals surface area contributed by atoms with Crippen molar-refractivity contribution in [1.82, 2.24) is 19.5 Å². The Balaban J connectivity index is 1.89. The van der Waals surface area contributed by atoms with Gasteiger partial charge in [-0.15, -0.1) is 0 Å². The lowest BCUT2D eigenvalue weighted by atomic mass is 10.1. The molecule has 1 aliphatic rings. The highest BCUT2D eigenvalue weighted by atomic mass is 79.9. The third-order valence-corrected chi connectivity index (χ3v) is 24.8. The van der Waals surface area contributed by atoms with Crippen LogP contribution >= 0.6 is 15.9 Å². The Kier molecular flexibility index (Phi) is 10.6. The fraction of sp³-hybridized carbons (Fsp3) is 0.697. The molecule has 4 rings (SSSR count). The third-order valence-electron chi connectivity index (χ3n) is 10.9. The van der Waals surface area contributed by atoms with Crippen LogP contribution in [-0.4, -0.2) is 69.4 Å². The van der Waals surface area contributed by atoms with E-state index in [9.17, 15) is 5.21 Å². The number of nitrogens with zero attached hydrogens (tertiary/aromatic N) is 5. The molecule has 0 unspecified atom stereocenters. The lowest BCUT2D eigenvalue weighted by Crippen LogP contribution is -2.54. The van der Waals surface area contributed by atoms with Gasteiger partial charge in [0.1, 0.15) is 34.9 Å². The second-order valence-corrected chi connectivity index (χ2v) is 32.5. The van der Waals surface area contributed by atoms with Crippen LogP contribution in [0.2, 0.25) is 54.4 Å². The Morgan fingerprint density at radius 3 is 1.94 bits per heavy atom. The van der Waals surface area contributed by atoms with Crippen LogP contribution < -0.4 is 4.73 Å². The maximum atomic E-state index is 13.1. The minimum absolute atomic E-state index is 0.0334. The summed E-state index contributed by atoms with van der Waals surface area (Å²) in [6, 6.07) is 5.45. The van der Waals surface area contributed by atoms with Gasteiger partial charge in [-0.25, -0.2) is 14.7 Å². The first-order valence-electron chi connectivity index (χ1n) is 16.5. The molecule has 3 aromatic rings. The Bertz CT molecular complexity index is 1580. The van der Waals surface area contributed by atoms with Gasteiger partial charge in [0, 0.05) is 0 Å². The summed E-state index contributed by atoms with van der Waals surface area (Å²) in [4.78, 5) is 13.9. The minimum atomic E-state index is -2.35. The number of hydrogen-bond donors (Lipinski definition) is 0. The molecule has 0 amide bonds. The van der Waals surface area contributed by atoms with E-state index in [1.54, 1.807) is 12.4 Å². The van der Waals surface area contributed by atoms with Crippen molar-refractivity contribution in [3.63, 3.8) is 0 Å². The molecule has 0 bridgehead atoms. The molecule has 0 spiro atoms. The maximum absolute atomic E-state index is 13.1. The normalized spacial score (nSPS) is 22.0. The van der Waals surface area contributed by atoms with E-state index >= 15 is 0 Å². The molecule has 4 atom stereocenters. The Morgan fingerprint density at radius 2 is 1.40 bits per heavy atom. The molecule has 0 N–H and O–H groups in total. The molecule has 1 fully saturated rings. The summed E-state index contributed by atoms with van der Waals surface area (Å²) in [5.74, 6) is 0. The van der Waals surface area contributed by atoms with Gasteiger partial charge in [-0.1, -0.05) is 68.4 Å². The number of pyridine rings is 1. The monoisotopic (exact) mass is 765 g/mol. The van der Waals surface area contributed by atoms with Crippen LogP contribution in [0.4, 0.5) is 0 Å². The van der Waals surface area contributed by atoms with Crippen LogP contribution in [0.3, 0.4) is 0 Å². The first-order chi connectivity index (χ1) is 21.3. The number of hydrogen-bond acceptors (Lipinski definition) is 8. The van der Waals surface area contributed by atoms with Crippen molar-refractivity contribution in [2.45, 2.75) is 141 Å². The van der Waals surface area contributed by atoms with Crippen LogP contribution in [0.25, 0.3) is 22.6 Å². The highest BCUT2D eigenvalue weighted by molar-refractivity contribution is 9.10. The molecule has 47 heavy (non-hydrogen) atoms. The fourth-order valence-corrected chi connectivity index (χ4v) is 8.72. The van der Waals surface area contributed by atoms with E-state index in [1.165, 1.54) is 6.33 Å². The van der Waals surface area contributed by atoms with Crippen molar-refractivity contribution in [2.24, 2.45) is 0 Å². The molecule has 0 saturated carbocycles. The predicted molar refractivity (Wildman–Crippen MR) is 199 cm³/mol. The van der Waals surface area contributed by atoms with E-state index in [1.807, 2.05) is 16.7 Å². The molecule has 1 aliphatic heterocycles. The highest BCUT2D eigenvalue weighted by Gasteiger charge is 2.55. The third kappa shape index (κ3) is 7.79. The average Bonchev–Trinajstić information content (AvgIpc) is 3.46. The van der Waals surface area contributed by atoms with Crippen LogP contribution in [-0.2, 0) is 18.0 Å². The van der Waals surface area contributed by atoms with Crippen molar-refractivity contribution in [2.75, 3.05) is 6.61 Å². The highest BCUT2D eigenvalue weighted by Crippen LogP contribution is 2.47. The van der Waals surface area contributed by atoms with E-state index in [2.05, 4.69) is 127 Å². The summed E-state index contributed by atoms with van der Waals surface area (Å²) in [5, 5.41) is 13.1. The lowest BCUT2D eigenvalue weighted by molar-refractivity contribution is -0.595. The molecule has 0 aliphatic carbocycles. The minimum Gasteiger partial charge on any atom is -0.710 e. The molecule has 10 nitrogen and oxygen atoms in total. The van der Waals surface area contributed by atoms with Gasteiger partial charge >= 0.3 is 0 Å². The van der Waals surface area contributed by atoms with Gasteiger partial charge < -0.3 is 23.2 Å². The Hall–Kier alpha value is -1.53. The van der Waals surface area contributed by atoms with Crippen molar-refractivity contribution in [3.05, 3.63) is 40.7 Å². The van der Waals surface area contributed by atoms with E-state index in [0.29, 0.717) is 38.5 Å². The zero-order chi connectivity index (χ0) is 35.5. The predicted octanol–water partition coefficient (Wildman–Crippen LogP) is 8.59. The van der Waals surface area contributed by atoms with Gasteiger partial charge in [0.2, 0.25) is 0 Å². The molecule has 4 heterocycles. The standard InChI is InChI=1S/C33H56BrN5O5Si3/c1-31(2,3)45(10,11)41-19-23-27(43-46(12,13)32(4,5)6)28(44-47(14,15)33(7,8)9)30(42-23)38-20-35-25-26(39(40)21-36-29(25)38)22-17-16-18-24(34)37-22/h16-18,20-21,23,27-28,30H,19H2,1-15H3/t23-,27-,28-,30-/m1/s1. The molecule has 1 saturated heterocycles. The van der Waals surface area contributed by atoms with Gasteiger partial charge in [0.15, 0.2) is 42.4 Å². The number of rotatable bonds is 9. The molecule has 0 radical (unpaired) electrons. The van der Waals surface area contributed by atoms with E-state index in [-0.39, 0.29) is 15.1 Å². The molecular formula is C33H56BrN5O5Si3. The van der Waals surface area contributed by atoms with Crippen molar-refractivity contribution < 1.29 is 22.7 Å². The van der Waals surface area contributed by atoms with Gasteiger partial charge in [-0.3, -0.25) is 4.57 Å².